The molecule has 2 rings (SSSR count). The zero-order valence-corrected chi connectivity index (χ0v) is 12.8. The summed E-state index contributed by atoms with van der Waals surface area (Å²) in [7, 11) is 0. The summed E-state index contributed by atoms with van der Waals surface area (Å²) in [4.78, 5) is 14.0. The van der Waals surface area contributed by atoms with Crippen LogP contribution in [0.1, 0.15) is 13.8 Å². The molecule has 0 bridgehead atoms. The lowest BCUT2D eigenvalue weighted by atomic mass is 10.1. The van der Waals surface area contributed by atoms with Gasteiger partial charge in [-0.15, -0.1) is 0 Å². The molecule has 1 aliphatic rings. The third kappa shape index (κ3) is 3.48. The fraction of sp³-hybridized carbons (Fsp3) is 0.333. The highest BCUT2D eigenvalue weighted by molar-refractivity contribution is 6.05. The van der Waals surface area contributed by atoms with Crippen molar-refractivity contribution in [3.05, 3.63) is 41.3 Å². The Balaban J connectivity index is 2.33. The van der Waals surface area contributed by atoms with E-state index in [-0.39, 0.29) is 36.0 Å². The van der Waals surface area contributed by atoms with Crippen molar-refractivity contribution in [2.45, 2.75) is 26.0 Å². The monoisotopic (exact) mass is 324 g/mol. The fourth-order valence-electron chi connectivity index (χ4n) is 2.34. The largest absolute Gasteiger partial charge is 0.481 e. The maximum Gasteiger partial charge on any atom is 0.293 e. The first-order chi connectivity index (χ1) is 10.9. The lowest BCUT2D eigenvalue weighted by molar-refractivity contribution is -0.119. The number of benzene rings is 1. The van der Waals surface area contributed by atoms with Crippen molar-refractivity contribution in [1.29, 1.82) is 5.41 Å². The summed E-state index contributed by atoms with van der Waals surface area (Å²) in [5.74, 6) is -2.43. The third-order valence-electron chi connectivity index (χ3n) is 3.68. The molecule has 0 aliphatic carbocycles. The maximum absolute atomic E-state index is 13.2. The van der Waals surface area contributed by atoms with Gasteiger partial charge in [0.05, 0.1) is 12.7 Å². The first-order valence-corrected chi connectivity index (χ1v) is 7.03. The van der Waals surface area contributed by atoms with Crippen molar-refractivity contribution >= 4 is 17.8 Å². The Labute approximate surface area is 132 Å². The Morgan fingerprint density at radius 1 is 1.39 bits per heavy atom. The quantitative estimate of drug-likeness (QED) is 0.736. The summed E-state index contributed by atoms with van der Waals surface area (Å²) >= 11 is 0. The number of ether oxygens (including phenoxy) is 1. The minimum Gasteiger partial charge on any atom is -0.481 e. The van der Waals surface area contributed by atoms with Gasteiger partial charge in [-0.1, -0.05) is 0 Å². The second kappa shape index (κ2) is 6.74. The van der Waals surface area contributed by atoms with Gasteiger partial charge in [0.1, 0.15) is 23.4 Å². The summed E-state index contributed by atoms with van der Waals surface area (Å²) < 4.78 is 32.0. The predicted octanol–water partition coefficient (Wildman–Crippen LogP) is 1.79. The molecule has 1 heterocycles. The zero-order chi connectivity index (χ0) is 17.1. The van der Waals surface area contributed by atoms with E-state index in [2.05, 4.69) is 5.32 Å². The maximum atomic E-state index is 13.2. The Bertz CT molecular complexity index is 643. The molecular formula is C15H18F2N4O2. The number of hydrogen-bond donors (Lipinski definition) is 3. The molecule has 0 saturated carbocycles. The summed E-state index contributed by atoms with van der Waals surface area (Å²) in [6, 6.07) is 2.55. The molecule has 1 aromatic carbocycles. The SMILES string of the molecule is CC1OC(C(=O)Nc2cc(F)cc(F)c2)=C(C=N)N(CN)C1C. The van der Waals surface area contributed by atoms with Gasteiger partial charge in [0, 0.05) is 18.0 Å². The third-order valence-corrected chi connectivity index (χ3v) is 3.68. The number of hydrogen-bond acceptors (Lipinski definition) is 5. The highest BCUT2D eigenvalue weighted by Crippen LogP contribution is 2.25. The van der Waals surface area contributed by atoms with Gasteiger partial charge in [-0.2, -0.15) is 0 Å². The van der Waals surface area contributed by atoms with E-state index in [0.29, 0.717) is 6.07 Å². The van der Waals surface area contributed by atoms with Crippen LogP contribution in [0.15, 0.2) is 29.7 Å². The van der Waals surface area contributed by atoms with Crippen molar-refractivity contribution in [2.75, 3.05) is 12.0 Å². The number of amides is 1. The van der Waals surface area contributed by atoms with Crippen LogP contribution in [0.25, 0.3) is 0 Å². The van der Waals surface area contributed by atoms with Crippen LogP contribution in [-0.4, -0.2) is 35.8 Å². The van der Waals surface area contributed by atoms with Crippen LogP contribution < -0.4 is 11.1 Å². The number of carbonyl (C=O) groups excluding carboxylic acids is 1. The van der Waals surface area contributed by atoms with Crippen molar-refractivity contribution in [1.82, 2.24) is 4.90 Å². The molecule has 1 amide bonds. The van der Waals surface area contributed by atoms with E-state index in [9.17, 15) is 13.6 Å². The van der Waals surface area contributed by atoms with E-state index in [1.165, 1.54) is 0 Å². The molecule has 2 unspecified atom stereocenters. The van der Waals surface area contributed by atoms with Gasteiger partial charge in [-0.3, -0.25) is 4.79 Å². The Kier molecular flexibility index (Phi) is 4.95. The smallest absolute Gasteiger partial charge is 0.293 e. The number of rotatable bonds is 4. The minimum atomic E-state index is -0.809. The Morgan fingerprint density at radius 3 is 2.52 bits per heavy atom. The van der Waals surface area contributed by atoms with E-state index < -0.39 is 17.5 Å². The number of nitrogens with one attached hydrogen (secondary N) is 2. The van der Waals surface area contributed by atoms with Crippen LogP contribution in [0, 0.1) is 17.0 Å². The van der Waals surface area contributed by atoms with Crippen LogP contribution in [0.5, 0.6) is 0 Å². The molecule has 0 fully saturated rings. The summed E-state index contributed by atoms with van der Waals surface area (Å²) in [5, 5.41) is 9.86. The number of nitrogens with zero attached hydrogens (tertiary/aromatic N) is 1. The molecule has 2 atom stereocenters. The first kappa shape index (κ1) is 16.9. The molecule has 1 aliphatic heterocycles. The minimum absolute atomic E-state index is 0.0431. The van der Waals surface area contributed by atoms with Crippen molar-refractivity contribution in [3.63, 3.8) is 0 Å². The highest BCUT2D eigenvalue weighted by atomic mass is 19.1. The average molecular weight is 324 g/mol. The van der Waals surface area contributed by atoms with Crippen LogP contribution in [0.3, 0.4) is 0 Å². The number of carbonyl (C=O) groups is 1. The summed E-state index contributed by atoms with van der Waals surface area (Å²) in [5.41, 5.74) is 5.85. The second-order valence-corrected chi connectivity index (χ2v) is 5.19. The van der Waals surface area contributed by atoms with Gasteiger partial charge < -0.3 is 26.1 Å². The van der Waals surface area contributed by atoms with Gasteiger partial charge in [0.25, 0.3) is 5.91 Å². The number of anilines is 1. The first-order valence-electron chi connectivity index (χ1n) is 7.03. The summed E-state index contributed by atoms with van der Waals surface area (Å²) in [6.07, 6.45) is 0.628. The highest BCUT2D eigenvalue weighted by Gasteiger charge is 2.33. The normalized spacial score (nSPS) is 21.0. The molecule has 0 saturated heterocycles. The van der Waals surface area contributed by atoms with E-state index >= 15 is 0 Å². The van der Waals surface area contributed by atoms with Crippen molar-refractivity contribution in [2.24, 2.45) is 5.73 Å². The van der Waals surface area contributed by atoms with Crippen LogP contribution in [0.4, 0.5) is 14.5 Å². The lowest BCUT2D eigenvalue weighted by Crippen LogP contribution is -2.49. The Hall–Kier alpha value is -2.48. The number of halogens is 2. The predicted molar refractivity (Wildman–Crippen MR) is 81.7 cm³/mol. The van der Waals surface area contributed by atoms with Crippen LogP contribution >= 0.6 is 0 Å². The molecule has 6 nitrogen and oxygen atoms in total. The van der Waals surface area contributed by atoms with Gasteiger partial charge in [0.2, 0.25) is 5.76 Å². The number of allylic oxidation sites excluding steroid dienone is 1. The molecule has 8 heteroatoms. The van der Waals surface area contributed by atoms with Crippen molar-refractivity contribution in [3.8, 4) is 0 Å². The second-order valence-electron chi connectivity index (χ2n) is 5.19. The standard InChI is InChI=1S/C15H18F2N4O2/c1-8-9(2)23-14(13(6-18)21(8)7-19)15(22)20-12-4-10(16)3-11(17)5-12/h3-6,8-9,18H,7,19H2,1-2H3,(H,20,22). The molecule has 124 valence electrons. The topological polar surface area (TPSA) is 91.4 Å². The zero-order valence-electron chi connectivity index (χ0n) is 12.8. The Morgan fingerprint density at radius 2 is 2.00 bits per heavy atom. The van der Waals surface area contributed by atoms with E-state index in [0.717, 1.165) is 18.3 Å². The van der Waals surface area contributed by atoms with Crippen molar-refractivity contribution < 1.29 is 18.3 Å². The van der Waals surface area contributed by atoms with Gasteiger partial charge in [-0.05, 0) is 26.0 Å². The van der Waals surface area contributed by atoms with Gasteiger partial charge in [0.15, 0.2) is 0 Å². The van der Waals surface area contributed by atoms with Gasteiger partial charge >= 0.3 is 0 Å². The molecule has 0 aromatic heterocycles. The molecular weight excluding hydrogens is 306 g/mol. The fourth-order valence-corrected chi connectivity index (χ4v) is 2.34. The van der Waals surface area contributed by atoms with Gasteiger partial charge in [-0.25, -0.2) is 8.78 Å². The van der Waals surface area contributed by atoms with E-state index in [1.54, 1.807) is 11.8 Å². The molecule has 23 heavy (non-hydrogen) atoms. The number of nitrogens with two attached hydrogens (primary N) is 1. The van der Waals surface area contributed by atoms with Crippen LogP contribution in [0.2, 0.25) is 0 Å². The van der Waals surface area contributed by atoms with E-state index in [1.807, 2.05) is 6.92 Å². The molecule has 0 radical (unpaired) electrons. The summed E-state index contributed by atoms with van der Waals surface area (Å²) in [6.45, 7) is 3.73. The van der Waals surface area contributed by atoms with Crippen LogP contribution in [-0.2, 0) is 9.53 Å². The lowest BCUT2D eigenvalue weighted by Gasteiger charge is -2.39. The average Bonchev–Trinajstić information content (AvgIpc) is 2.48. The molecule has 1 aromatic rings. The van der Waals surface area contributed by atoms with E-state index in [4.69, 9.17) is 15.9 Å². The molecule has 4 N–H and O–H groups in total. The molecule has 0 spiro atoms.